The molecule has 1 unspecified atom stereocenters. The Balaban J connectivity index is 1.72. The molecule has 1 heterocycles. The Bertz CT molecular complexity index is 1100. The first kappa shape index (κ1) is 18.6. The summed E-state index contributed by atoms with van der Waals surface area (Å²) >= 11 is 0. The highest BCUT2D eigenvalue weighted by Crippen LogP contribution is 2.50. The molecule has 28 heavy (non-hydrogen) atoms. The molecule has 6 nitrogen and oxygen atoms in total. The molecule has 0 bridgehead atoms. The Kier molecular flexibility index (Phi) is 4.44. The Morgan fingerprint density at radius 2 is 1.89 bits per heavy atom. The van der Waals surface area contributed by atoms with Gasteiger partial charge in [-0.25, -0.2) is 18.5 Å². The molecule has 1 saturated carbocycles. The van der Waals surface area contributed by atoms with Gasteiger partial charge in [0.05, 0.1) is 5.56 Å². The molecule has 0 saturated heterocycles. The van der Waals surface area contributed by atoms with Crippen LogP contribution in [0.25, 0.3) is 5.57 Å². The van der Waals surface area contributed by atoms with Crippen LogP contribution in [0.3, 0.4) is 0 Å². The van der Waals surface area contributed by atoms with Gasteiger partial charge in [0, 0.05) is 11.8 Å². The molecular weight excluding hydrogens is 374 g/mol. The van der Waals surface area contributed by atoms with Crippen molar-refractivity contribution < 1.29 is 13.2 Å². The van der Waals surface area contributed by atoms with Gasteiger partial charge in [0.15, 0.2) is 5.78 Å². The molecule has 4 rings (SSSR count). The van der Waals surface area contributed by atoms with Crippen molar-refractivity contribution in [2.75, 3.05) is 5.73 Å². The van der Waals surface area contributed by atoms with E-state index < -0.39 is 14.8 Å². The summed E-state index contributed by atoms with van der Waals surface area (Å²) in [5, 5.41) is 5.61. The summed E-state index contributed by atoms with van der Waals surface area (Å²) in [4.78, 5) is 17.0. The molecule has 2 aliphatic carbocycles. The van der Waals surface area contributed by atoms with E-state index in [-0.39, 0.29) is 23.9 Å². The lowest BCUT2D eigenvalue weighted by Gasteiger charge is -2.31. The minimum atomic E-state index is -3.78. The third-order valence-electron chi connectivity index (χ3n) is 5.51. The first-order valence-corrected chi connectivity index (χ1v) is 10.6. The predicted octanol–water partition coefficient (Wildman–Crippen LogP) is 2.68. The van der Waals surface area contributed by atoms with E-state index in [4.69, 9.17) is 10.9 Å². The fourth-order valence-corrected chi connectivity index (χ4v) is 5.12. The van der Waals surface area contributed by atoms with E-state index >= 15 is 0 Å². The van der Waals surface area contributed by atoms with Crippen molar-refractivity contribution in [3.63, 3.8) is 0 Å². The van der Waals surface area contributed by atoms with E-state index in [9.17, 15) is 13.2 Å². The van der Waals surface area contributed by atoms with Crippen LogP contribution in [0, 0.1) is 5.92 Å². The maximum absolute atomic E-state index is 12.8. The number of pyridine rings is 1. The van der Waals surface area contributed by atoms with E-state index in [1.54, 1.807) is 48.7 Å². The molecule has 2 aromatic rings. The maximum atomic E-state index is 12.8. The number of ketones is 1. The van der Waals surface area contributed by atoms with Gasteiger partial charge < -0.3 is 5.73 Å². The normalized spacial score (nSPS) is 22.0. The topological polar surface area (TPSA) is 116 Å². The molecule has 4 N–H and O–H groups in total. The van der Waals surface area contributed by atoms with E-state index in [0.29, 0.717) is 16.7 Å². The highest BCUT2D eigenvalue weighted by Gasteiger charge is 2.52. The van der Waals surface area contributed by atoms with Gasteiger partial charge in [-0.15, -0.1) is 0 Å². The van der Waals surface area contributed by atoms with Gasteiger partial charge in [0.1, 0.15) is 10.6 Å². The van der Waals surface area contributed by atoms with Crippen LogP contribution in [-0.2, 0) is 10.0 Å². The van der Waals surface area contributed by atoms with Gasteiger partial charge in [-0.1, -0.05) is 48.6 Å². The van der Waals surface area contributed by atoms with E-state index in [1.807, 2.05) is 12.1 Å². The summed E-state index contributed by atoms with van der Waals surface area (Å²) in [5.74, 6) is -0.0571. The fourth-order valence-electron chi connectivity index (χ4n) is 3.80. The second-order valence-corrected chi connectivity index (χ2v) is 9.20. The second kappa shape index (κ2) is 6.68. The van der Waals surface area contributed by atoms with Gasteiger partial charge in [0.25, 0.3) is 0 Å². The minimum absolute atomic E-state index is 0.0228. The number of hydrogen-bond donors (Lipinski definition) is 2. The Morgan fingerprint density at radius 1 is 1.18 bits per heavy atom. The molecule has 1 atom stereocenters. The number of carbonyl (C=O) groups is 1. The van der Waals surface area contributed by atoms with Crippen molar-refractivity contribution >= 4 is 27.2 Å². The largest absolute Gasteiger partial charge is 0.383 e. The van der Waals surface area contributed by atoms with Gasteiger partial charge in [-0.05, 0) is 42.4 Å². The second-order valence-electron chi connectivity index (χ2n) is 7.35. The summed E-state index contributed by atoms with van der Waals surface area (Å²) in [6.07, 6.45) is 8.79. The molecule has 0 radical (unpaired) electrons. The number of aromatic nitrogens is 1. The van der Waals surface area contributed by atoms with Crippen LogP contribution < -0.4 is 10.9 Å². The first-order chi connectivity index (χ1) is 13.3. The fraction of sp³-hybridized carbons (Fsp3) is 0.238. The third-order valence-corrected chi connectivity index (χ3v) is 7.18. The van der Waals surface area contributed by atoms with Gasteiger partial charge in [0.2, 0.25) is 10.0 Å². The number of nitrogens with two attached hydrogens (primary N) is 2. The highest BCUT2D eigenvalue weighted by molar-refractivity contribution is 7.90. The van der Waals surface area contributed by atoms with Crippen LogP contribution in [0.15, 0.2) is 60.8 Å². The summed E-state index contributed by atoms with van der Waals surface area (Å²) in [7, 11) is -3.78. The number of anilines is 1. The summed E-state index contributed by atoms with van der Waals surface area (Å²) in [5.41, 5.74) is 8.22. The monoisotopic (exact) mass is 395 g/mol. The lowest BCUT2D eigenvalue weighted by Crippen LogP contribution is -2.44. The van der Waals surface area contributed by atoms with Crippen molar-refractivity contribution in [1.29, 1.82) is 0 Å². The number of hydrogen-bond acceptors (Lipinski definition) is 5. The van der Waals surface area contributed by atoms with Crippen molar-refractivity contribution in [2.24, 2.45) is 11.1 Å². The molecular formula is C21H21N3O3S. The molecule has 1 fully saturated rings. The first-order valence-electron chi connectivity index (χ1n) is 9.08. The Morgan fingerprint density at radius 3 is 2.54 bits per heavy atom. The van der Waals surface area contributed by atoms with E-state index in [0.717, 1.165) is 18.4 Å². The molecule has 1 aromatic carbocycles. The van der Waals surface area contributed by atoms with Crippen LogP contribution in [0.5, 0.6) is 0 Å². The molecule has 0 aliphatic heterocycles. The van der Waals surface area contributed by atoms with Crippen LogP contribution >= 0.6 is 0 Å². The van der Waals surface area contributed by atoms with E-state index in [1.165, 1.54) is 0 Å². The minimum Gasteiger partial charge on any atom is -0.383 e. The lowest BCUT2D eigenvalue weighted by atomic mass is 9.86. The predicted molar refractivity (Wildman–Crippen MR) is 109 cm³/mol. The molecule has 2 aliphatic rings. The van der Waals surface area contributed by atoms with Crippen LogP contribution in [0.1, 0.15) is 40.7 Å². The van der Waals surface area contributed by atoms with Crippen LogP contribution in [-0.4, -0.2) is 23.9 Å². The number of carbonyl (C=O) groups excluding carboxylic acids is 1. The quantitative estimate of drug-likeness (QED) is 0.755. The number of sulfonamides is 1. The van der Waals surface area contributed by atoms with Gasteiger partial charge in [-0.2, -0.15) is 0 Å². The Labute approximate surface area is 164 Å². The number of nitrogen functional groups attached to an aromatic ring is 1. The van der Waals surface area contributed by atoms with Crippen molar-refractivity contribution in [2.45, 2.75) is 24.0 Å². The Hall–Kier alpha value is -2.77. The van der Waals surface area contributed by atoms with Crippen molar-refractivity contribution in [3.05, 3.63) is 77.5 Å². The summed E-state index contributed by atoms with van der Waals surface area (Å²) < 4.78 is 23.7. The molecule has 144 valence electrons. The SMILES string of the molecule is Nc1ncc(C2=CC=CC(C3CC3)(S(N)(=O)=O)C2)cc1C(=O)c1ccccc1. The molecule has 7 heteroatoms. The highest BCUT2D eigenvalue weighted by atomic mass is 32.2. The smallest absolute Gasteiger partial charge is 0.219 e. The summed E-state index contributed by atoms with van der Waals surface area (Å²) in [6, 6.07) is 10.5. The maximum Gasteiger partial charge on any atom is 0.219 e. The number of rotatable bonds is 5. The average molecular weight is 395 g/mol. The van der Waals surface area contributed by atoms with Crippen LogP contribution in [0.2, 0.25) is 0 Å². The van der Waals surface area contributed by atoms with E-state index in [2.05, 4.69) is 4.98 Å². The standard InChI is InChI=1S/C21H21N3O3S/c22-20-18(19(25)14-5-2-1-3-6-14)11-16(13-24-20)15-7-4-10-21(12-15,17-8-9-17)28(23,26)27/h1-7,10-11,13,17H,8-9,12H2,(H2,22,24)(H2,23,26,27). The zero-order valence-corrected chi connectivity index (χ0v) is 16.0. The number of benzene rings is 1. The average Bonchev–Trinajstić information content (AvgIpc) is 3.53. The van der Waals surface area contributed by atoms with Crippen molar-refractivity contribution in [1.82, 2.24) is 4.98 Å². The lowest BCUT2D eigenvalue weighted by molar-refractivity contribution is 0.103. The zero-order chi connectivity index (χ0) is 19.9. The van der Waals surface area contributed by atoms with Crippen LogP contribution in [0.4, 0.5) is 5.82 Å². The number of nitrogens with zero attached hydrogens (tertiary/aromatic N) is 1. The molecule has 1 aromatic heterocycles. The van der Waals surface area contributed by atoms with Gasteiger partial charge in [-0.3, -0.25) is 4.79 Å². The summed E-state index contributed by atoms with van der Waals surface area (Å²) in [6.45, 7) is 0. The number of allylic oxidation sites excluding steroid dienone is 3. The third kappa shape index (κ3) is 3.16. The number of primary sulfonamides is 1. The molecule has 0 amide bonds. The van der Waals surface area contributed by atoms with Crippen molar-refractivity contribution in [3.8, 4) is 0 Å². The van der Waals surface area contributed by atoms with Gasteiger partial charge >= 0.3 is 0 Å². The zero-order valence-electron chi connectivity index (χ0n) is 15.2. The molecule has 0 spiro atoms.